The van der Waals surface area contributed by atoms with E-state index in [1.165, 1.54) is 12.1 Å². The van der Waals surface area contributed by atoms with Crippen LogP contribution in [0.1, 0.15) is 0 Å². The molecule has 5 heteroatoms. The lowest BCUT2D eigenvalue weighted by Gasteiger charge is -2.38. The van der Waals surface area contributed by atoms with E-state index in [-0.39, 0.29) is 30.8 Å². The number of carbonyl (C=O) groups is 1. The van der Waals surface area contributed by atoms with Crippen LogP contribution in [0.25, 0.3) is 0 Å². The predicted molar refractivity (Wildman–Crippen MR) is 59.1 cm³/mol. The summed E-state index contributed by atoms with van der Waals surface area (Å²) in [5, 5.41) is 8.81. The van der Waals surface area contributed by atoms with Gasteiger partial charge >= 0.3 is 0 Å². The lowest BCUT2D eigenvalue weighted by molar-refractivity contribution is -0.140. The van der Waals surface area contributed by atoms with E-state index >= 15 is 0 Å². The number of aliphatic hydroxyl groups is 1. The number of ether oxygens (including phenoxy) is 1. The van der Waals surface area contributed by atoms with Gasteiger partial charge in [0.25, 0.3) is 5.91 Å². The van der Waals surface area contributed by atoms with Crippen molar-refractivity contribution in [3.05, 3.63) is 30.1 Å². The Balaban J connectivity index is 1.79. The second-order valence-corrected chi connectivity index (χ2v) is 4.07. The van der Waals surface area contributed by atoms with Gasteiger partial charge in [0, 0.05) is 25.6 Å². The van der Waals surface area contributed by atoms with Crippen LogP contribution in [0.4, 0.5) is 4.39 Å². The van der Waals surface area contributed by atoms with Gasteiger partial charge in [0.2, 0.25) is 0 Å². The highest BCUT2D eigenvalue weighted by Crippen LogP contribution is 2.17. The maximum absolute atomic E-state index is 13.2. The van der Waals surface area contributed by atoms with E-state index in [1.807, 2.05) is 0 Å². The first-order chi connectivity index (χ1) is 8.20. The maximum Gasteiger partial charge on any atom is 0.260 e. The molecule has 1 fully saturated rings. The van der Waals surface area contributed by atoms with Crippen molar-refractivity contribution in [3.63, 3.8) is 0 Å². The summed E-state index contributed by atoms with van der Waals surface area (Å²) in [6.45, 7) is 1.03. The molecular formula is C12H14FNO3. The van der Waals surface area contributed by atoms with E-state index in [9.17, 15) is 9.18 Å². The second kappa shape index (κ2) is 5.14. The molecular weight excluding hydrogens is 225 g/mol. The van der Waals surface area contributed by atoms with Crippen molar-refractivity contribution in [2.45, 2.75) is 0 Å². The molecule has 1 saturated heterocycles. The van der Waals surface area contributed by atoms with Crippen molar-refractivity contribution in [2.75, 3.05) is 26.3 Å². The predicted octanol–water partition coefficient (Wildman–Crippen LogP) is 0.655. The Morgan fingerprint density at radius 1 is 1.47 bits per heavy atom. The first-order valence-electron chi connectivity index (χ1n) is 5.46. The van der Waals surface area contributed by atoms with Crippen molar-refractivity contribution in [1.29, 1.82) is 0 Å². The molecule has 0 aromatic heterocycles. The van der Waals surface area contributed by atoms with Crippen LogP contribution in [0.15, 0.2) is 24.3 Å². The normalized spacial score (nSPS) is 15.5. The number of likely N-dealkylation sites (tertiary alicyclic amines) is 1. The highest BCUT2D eigenvalue weighted by atomic mass is 19.1. The number of aliphatic hydroxyl groups excluding tert-OH is 1. The molecule has 1 heterocycles. The van der Waals surface area contributed by atoms with Crippen LogP contribution in [0.2, 0.25) is 0 Å². The van der Waals surface area contributed by atoms with E-state index < -0.39 is 5.82 Å². The number of rotatable bonds is 4. The summed E-state index contributed by atoms with van der Waals surface area (Å²) >= 11 is 0. The molecule has 0 spiro atoms. The quantitative estimate of drug-likeness (QED) is 0.839. The zero-order valence-electron chi connectivity index (χ0n) is 9.30. The van der Waals surface area contributed by atoms with Gasteiger partial charge in [-0.1, -0.05) is 12.1 Å². The third-order valence-electron chi connectivity index (χ3n) is 2.76. The number of amides is 1. The fraction of sp³-hybridized carbons (Fsp3) is 0.417. The smallest absolute Gasteiger partial charge is 0.260 e. The van der Waals surface area contributed by atoms with E-state index in [0.717, 1.165) is 0 Å². The number of halogens is 1. The van der Waals surface area contributed by atoms with Crippen molar-refractivity contribution in [2.24, 2.45) is 5.92 Å². The van der Waals surface area contributed by atoms with Crippen molar-refractivity contribution >= 4 is 5.91 Å². The van der Waals surface area contributed by atoms with Crippen LogP contribution in [-0.4, -0.2) is 42.2 Å². The third-order valence-corrected chi connectivity index (χ3v) is 2.76. The highest BCUT2D eigenvalue weighted by molar-refractivity contribution is 5.78. The van der Waals surface area contributed by atoms with Crippen LogP contribution < -0.4 is 4.74 Å². The Bertz CT molecular complexity index is 404. The summed E-state index contributed by atoms with van der Waals surface area (Å²) in [7, 11) is 0. The molecule has 0 saturated carbocycles. The molecule has 0 radical (unpaired) electrons. The Kier molecular flexibility index (Phi) is 3.58. The van der Waals surface area contributed by atoms with Crippen molar-refractivity contribution in [3.8, 4) is 5.75 Å². The molecule has 0 atom stereocenters. The number of hydrogen-bond donors (Lipinski definition) is 1. The summed E-state index contributed by atoms with van der Waals surface area (Å²) in [6.07, 6.45) is 0. The lowest BCUT2D eigenvalue weighted by atomic mass is 10.0. The van der Waals surface area contributed by atoms with Gasteiger partial charge in [0.05, 0.1) is 0 Å². The molecule has 92 valence electrons. The molecule has 1 aliphatic rings. The van der Waals surface area contributed by atoms with Gasteiger partial charge in [-0.05, 0) is 12.1 Å². The minimum absolute atomic E-state index is 0.0834. The average molecular weight is 239 g/mol. The largest absolute Gasteiger partial charge is 0.481 e. The molecule has 1 aromatic carbocycles. The number of para-hydroxylation sites is 1. The molecule has 0 bridgehead atoms. The number of carbonyl (C=O) groups excluding carboxylic acids is 1. The van der Waals surface area contributed by atoms with Gasteiger partial charge in [-0.15, -0.1) is 0 Å². The van der Waals surface area contributed by atoms with Gasteiger partial charge in [-0.25, -0.2) is 4.39 Å². The standard InChI is InChI=1S/C12H14FNO3/c13-10-3-1-2-4-11(10)17-8-12(16)14-5-9(6-14)7-15/h1-4,9,15H,5-8H2. The second-order valence-electron chi connectivity index (χ2n) is 4.07. The molecule has 2 rings (SSSR count). The molecule has 1 N–H and O–H groups in total. The molecule has 4 nitrogen and oxygen atoms in total. The minimum atomic E-state index is -0.475. The van der Waals surface area contributed by atoms with Crippen LogP contribution >= 0.6 is 0 Å². The Morgan fingerprint density at radius 3 is 2.82 bits per heavy atom. The number of benzene rings is 1. The van der Waals surface area contributed by atoms with Crippen LogP contribution in [0.3, 0.4) is 0 Å². The number of nitrogens with zero attached hydrogens (tertiary/aromatic N) is 1. The summed E-state index contributed by atoms with van der Waals surface area (Å²) in [6, 6.07) is 5.97. The van der Waals surface area contributed by atoms with Gasteiger partial charge in [0.15, 0.2) is 18.2 Å². The zero-order valence-corrected chi connectivity index (χ0v) is 9.30. The highest BCUT2D eigenvalue weighted by Gasteiger charge is 2.29. The fourth-order valence-corrected chi connectivity index (χ4v) is 1.68. The van der Waals surface area contributed by atoms with Gasteiger partial charge < -0.3 is 14.7 Å². The molecule has 1 aromatic rings. The van der Waals surface area contributed by atoms with E-state index in [2.05, 4.69) is 0 Å². The minimum Gasteiger partial charge on any atom is -0.481 e. The summed E-state index contributed by atoms with van der Waals surface area (Å²) in [4.78, 5) is 13.2. The van der Waals surface area contributed by atoms with Gasteiger partial charge in [-0.3, -0.25) is 4.79 Å². The molecule has 17 heavy (non-hydrogen) atoms. The van der Waals surface area contributed by atoms with Gasteiger partial charge in [-0.2, -0.15) is 0 Å². The van der Waals surface area contributed by atoms with Crippen molar-refractivity contribution < 1.29 is 19.0 Å². The monoisotopic (exact) mass is 239 g/mol. The summed E-state index contributed by atoms with van der Waals surface area (Å²) in [5.74, 6) is -0.400. The van der Waals surface area contributed by atoms with Crippen LogP contribution in [0.5, 0.6) is 5.75 Å². The van der Waals surface area contributed by atoms with E-state index in [4.69, 9.17) is 9.84 Å². The van der Waals surface area contributed by atoms with Crippen LogP contribution in [-0.2, 0) is 4.79 Å². The van der Waals surface area contributed by atoms with Gasteiger partial charge in [0.1, 0.15) is 0 Å². The van der Waals surface area contributed by atoms with Crippen LogP contribution in [0, 0.1) is 11.7 Å². The topological polar surface area (TPSA) is 49.8 Å². The SMILES string of the molecule is O=C(COc1ccccc1F)N1CC(CO)C1. The first kappa shape index (κ1) is 11.9. The first-order valence-corrected chi connectivity index (χ1v) is 5.46. The maximum atomic E-state index is 13.2. The molecule has 0 aliphatic carbocycles. The van der Waals surface area contributed by atoms with E-state index in [1.54, 1.807) is 17.0 Å². The Labute approximate surface area is 98.6 Å². The Hall–Kier alpha value is -1.62. The average Bonchev–Trinajstić information content (AvgIpc) is 2.26. The zero-order chi connectivity index (χ0) is 12.3. The molecule has 1 aliphatic heterocycles. The lowest BCUT2D eigenvalue weighted by Crippen LogP contribution is -2.52. The fourth-order valence-electron chi connectivity index (χ4n) is 1.68. The Morgan fingerprint density at radius 2 is 2.18 bits per heavy atom. The van der Waals surface area contributed by atoms with E-state index in [0.29, 0.717) is 13.1 Å². The third kappa shape index (κ3) is 2.74. The summed E-state index contributed by atoms with van der Waals surface area (Å²) in [5.41, 5.74) is 0. The number of hydrogen-bond acceptors (Lipinski definition) is 3. The summed E-state index contributed by atoms with van der Waals surface area (Å²) < 4.78 is 18.3. The molecule has 0 unspecified atom stereocenters. The molecule has 1 amide bonds. The van der Waals surface area contributed by atoms with Crippen molar-refractivity contribution in [1.82, 2.24) is 4.90 Å².